The zero-order valence-corrected chi connectivity index (χ0v) is 28.6. The molecule has 0 heterocycles. The van der Waals surface area contributed by atoms with E-state index >= 15 is 0 Å². The summed E-state index contributed by atoms with van der Waals surface area (Å²) < 4.78 is 20.7. The lowest BCUT2D eigenvalue weighted by Gasteiger charge is -2.45. The smallest absolute Gasteiger partial charge is 0.192 e. The summed E-state index contributed by atoms with van der Waals surface area (Å²) in [5.41, 5.74) is 0. The van der Waals surface area contributed by atoms with Gasteiger partial charge >= 0.3 is 0 Å². The molecule has 0 aliphatic heterocycles. The molecule has 0 radical (unpaired) electrons. The Morgan fingerprint density at radius 2 is 1.18 bits per heavy atom. The fourth-order valence-electron chi connectivity index (χ4n) is 3.68. The molecule has 0 spiro atoms. The fourth-order valence-corrected chi connectivity index (χ4v) is 7.80. The second-order valence-electron chi connectivity index (χ2n) is 14.4. The highest BCUT2D eigenvalue weighted by atomic mass is 28.4. The van der Waals surface area contributed by atoms with Gasteiger partial charge in [0.15, 0.2) is 25.0 Å². The summed E-state index contributed by atoms with van der Waals surface area (Å²) in [4.78, 5) is 0. The van der Waals surface area contributed by atoms with E-state index in [1.165, 1.54) is 0 Å². The number of rotatable bonds is 13. The van der Waals surface area contributed by atoms with Crippen molar-refractivity contribution >= 4 is 25.0 Å². The van der Waals surface area contributed by atoms with Gasteiger partial charge in [0.25, 0.3) is 0 Å². The van der Waals surface area contributed by atoms with E-state index in [1.54, 1.807) is 0 Å². The van der Waals surface area contributed by atoms with Crippen molar-refractivity contribution in [1.82, 2.24) is 0 Å². The normalized spacial score (nSPS) is 19.2. The van der Waals surface area contributed by atoms with Gasteiger partial charge in [0.1, 0.15) is 0 Å². The highest BCUT2D eigenvalue weighted by molar-refractivity contribution is 6.74. The lowest BCUT2D eigenvalue weighted by atomic mass is 9.87. The van der Waals surface area contributed by atoms with Gasteiger partial charge in [-0.2, -0.15) is 0 Å². The molecule has 0 aromatic carbocycles. The molecule has 4 nitrogen and oxygen atoms in total. The third-order valence-corrected chi connectivity index (χ3v) is 17.9. The molecule has 0 bridgehead atoms. The maximum absolute atomic E-state index is 9.36. The second kappa shape index (κ2) is 12.7. The quantitative estimate of drug-likeness (QED) is 0.192. The zero-order chi connectivity index (χ0) is 27.3. The summed E-state index contributed by atoms with van der Waals surface area (Å²) in [7, 11) is -5.68. The van der Waals surface area contributed by atoms with Crippen LogP contribution in [0.2, 0.25) is 55.9 Å². The Morgan fingerprint density at radius 1 is 0.735 bits per heavy atom. The molecule has 0 amide bonds. The van der Waals surface area contributed by atoms with Crippen molar-refractivity contribution in [3.8, 4) is 0 Å². The SMILES string of the molecule is C[C@H]([C@@H](O[Si](C)(C)C)[C@@H](C)/C=C/CO)[C@H](C[C@@H](C)O[Si](C)(C)C(C)(C)C)O[Si](C)(C)C(C)(C)C. The van der Waals surface area contributed by atoms with Gasteiger partial charge in [0.05, 0.1) is 18.8 Å². The molecule has 0 saturated heterocycles. The molecule has 1 N–H and O–H groups in total. The zero-order valence-electron chi connectivity index (χ0n) is 25.6. The molecule has 0 rings (SSSR count). The van der Waals surface area contributed by atoms with Crippen molar-refractivity contribution in [3.05, 3.63) is 12.2 Å². The molecule has 0 aromatic heterocycles. The molecule has 0 saturated carbocycles. The van der Waals surface area contributed by atoms with Crippen molar-refractivity contribution in [2.24, 2.45) is 11.8 Å². The van der Waals surface area contributed by atoms with Gasteiger partial charge in [-0.3, -0.25) is 0 Å². The van der Waals surface area contributed by atoms with E-state index in [0.717, 1.165) is 6.42 Å². The topological polar surface area (TPSA) is 47.9 Å². The molecule has 7 heteroatoms. The van der Waals surface area contributed by atoms with E-state index in [1.807, 2.05) is 6.08 Å². The van der Waals surface area contributed by atoms with Crippen LogP contribution < -0.4 is 0 Å². The Morgan fingerprint density at radius 3 is 1.56 bits per heavy atom. The Hall–Kier alpha value is 0.231. The van der Waals surface area contributed by atoms with Crippen LogP contribution in [0, 0.1) is 11.8 Å². The van der Waals surface area contributed by atoms with Gasteiger partial charge < -0.3 is 18.4 Å². The minimum Gasteiger partial charge on any atom is -0.414 e. The van der Waals surface area contributed by atoms with Crippen molar-refractivity contribution in [1.29, 1.82) is 0 Å². The number of aliphatic hydroxyl groups is 1. The monoisotopic (exact) mass is 532 g/mol. The van der Waals surface area contributed by atoms with Gasteiger partial charge in [0, 0.05) is 12.0 Å². The summed E-state index contributed by atoms with van der Waals surface area (Å²) >= 11 is 0. The van der Waals surface area contributed by atoms with E-state index in [-0.39, 0.29) is 46.8 Å². The highest BCUT2D eigenvalue weighted by Crippen LogP contribution is 2.41. The average Bonchev–Trinajstić information content (AvgIpc) is 2.59. The summed E-state index contributed by atoms with van der Waals surface area (Å²) in [6.07, 6.45) is 5.00. The van der Waals surface area contributed by atoms with E-state index in [4.69, 9.17) is 13.3 Å². The Balaban J connectivity index is 6.16. The molecular weight excluding hydrogens is 473 g/mol. The van der Waals surface area contributed by atoms with Crippen LogP contribution in [0.15, 0.2) is 12.2 Å². The average molecular weight is 533 g/mol. The van der Waals surface area contributed by atoms with Gasteiger partial charge in [-0.1, -0.05) is 67.5 Å². The fraction of sp³-hybridized carbons (Fsp3) is 0.926. The Bertz CT molecular complexity index is 627. The molecule has 0 aromatic rings. The molecule has 0 aliphatic carbocycles. The van der Waals surface area contributed by atoms with Gasteiger partial charge in [-0.25, -0.2) is 0 Å². The second-order valence-corrected chi connectivity index (χ2v) is 28.3. The Labute approximate surface area is 216 Å². The standard InChI is InChI=1S/C27H60O4Si3/c1-21(18-17-19-28)25(31-32(10,11)12)23(3)24(30-34(15,16)27(7,8)9)20-22(2)29-33(13,14)26(4,5)6/h17-18,21-25,28H,19-20H2,1-16H3/b18-17+/t21-,22+,23-,24-,25-/m0/s1. The minimum absolute atomic E-state index is 0.0318. The summed E-state index contributed by atoms with van der Waals surface area (Å²) in [6, 6.07) is 0. The van der Waals surface area contributed by atoms with Gasteiger partial charge in [-0.15, -0.1) is 0 Å². The Kier molecular flexibility index (Phi) is 12.7. The van der Waals surface area contributed by atoms with Crippen LogP contribution in [0.25, 0.3) is 0 Å². The van der Waals surface area contributed by atoms with Crippen LogP contribution in [0.5, 0.6) is 0 Å². The van der Waals surface area contributed by atoms with Gasteiger partial charge in [0.2, 0.25) is 0 Å². The van der Waals surface area contributed by atoms with Crippen LogP contribution in [-0.2, 0) is 13.3 Å². The first kappa shape index (κ1) is 34.2. The predicted octanol–water partition coefficient (Wildman–Crippen LogP) is 8.22. The van der Waals surface area contributed by atoms with Crippen molar-refractivity contribution in [2.45, 2.75) is 143 Å². The van der Waals surface area contributed by atoms with Crippen LogP contribution in [0.4, 0.5) is 0 Å². The van der Waals surface area contributed by atoms with E-state index < -0.39 is 25.0 Å². The van der Waals surface area contributed by atoms with E-state index in [9.17, 15) is 5.11 Å². The third kappa shape index (κ3) is 11.1. The van der Waals surface area contributed by atoms with Crippen LogP contribution >= 0.6 is 0 Å². The lowest BCUT2D eigenvalue weighted by Crippen LogP contribution is -2.51. The minimum atomic E-state index is -2.00. The maximum Gasteiger partial charge on any atom is 0.192 e. The van der Waals surface area contributed by atoms with E-state index in [0.29, 0.717) is 0 Å². The van der Waals surface area contributed by atoms with Crippen LogP contribution in [0.1, 0.15) is 68.7 Å². The largest absolute Gasteiger partial charge is 0.414 e. The highest BCUT2D eigenvalue weighted by Gasteiger charge is 2.44. The first-order valence-electron chi connectivity index (χ1n) is 13.3. The first-order chi connectivity index (χ1) is 14.9. The molecular formula is C27H60O4Si3. The summed E-state index contributed by atoms with van der Waals surface area (Å²) in [5.74, 6) is 0.390. The van der Waals surface area contributed by atoms with Crippen LogP contribution in [-0.4, -0.2) is 55.0 Å². The maximum atomic E-state index is 9.36. The van der Waals surface area contributed by atoms with Crippen molar-refractivity contribution in [2.75, 3.05) is 6.61 Å². The molecule has 0 aliphatic rings. The molecule has 5 atom stereocenters. The molecule has 34 heavy (non-hydrogen) atoms. The van der Waals surface area contributed by atoms with Gasteiger partial charge in [-0.05, 0) is 75.2 Å². The predicted molar refractivity (Wildman–Crippen MR) is 157 cm³/mol. The molecule has 204 valence electrons. The van der Waals surface area contributed by atoms with Crippen molar-refractivity contribution in [3.63, 3.8) is 0 Å². The van der Waals surface area contributed by atoms with Crippen LogP contribution in [0.3, 0.4) is 0 Å². The number of aliphatic hydroxyl groups excluding tert-OH is 1. The number of hydrogen-bond donors (Lipinski definition) is 1. The molecule has 0 fully saturated rings. The van der Waals surface area contributed by atoms with Crippen molar-refractivity contribution < 1.29 is 18.4 Å². The summed E-state index contributed by atoms with van der Waals surface area (Å²) in [5, 5.41) is 9.67. The third-order valence-electron chi connectivity index (χ3n) is 7.78. The first-order valence-corrected chi connectivity index (χ1v) is 22.5. The number of hydrogen-bond acceptors (Lipinski definition) is 4. The summed E-state index contributed by atoms with van der Waals surface area (Å²) in [6.45, 7) is 36.7. The molecule has 0 unspecified atom stereocenters. The van der Waals surface area contributed by atoms with E-state index in [2.05, 4.69) is 114 Å². The lowest BCUT2D eigenvalue weighted by molar-refractivity contribution is -0.0000817.